The van der Waals surface area contributed by atoms with Gasteiger partial charge in [-0.3, -0.25) is 0 Å². The Bertz CT molecular complexity index is 3530. The van der Waals surface area contributed by atoms with Crippen LogP contribution in [0.3, 0.4) is 0 Å². The number of para-hydroxylation sites is 2. The molecule has 56 heavy (non-hydrogen) atoms. The Morgan fingerprint density at radius 3 is 2.05 bits per heavy atom. The minimum atomic E-state index is -0.145. The van der Waals surface area contributed by atoms with Gasteiger partial charge in [0.05, 0.1) is 27.0 Å². The summed E-state index contributed by atoms with van der Waals surface area (Å²) in [6.07, 6.45) is 0. The smallest absolute Gasteiger partial charge is 0.135 e. The number of aromatic nitrogens is 2. The Kier molecular flexibility index (Phi) is 6.11. The third-order valence-electron chi connectivity index (χ3n) is 12.3. The molecule has 5 heteroatoms. The van der Waals surface area contributed by atoms with Crippen LogP contribution in [-0.2, 0) is 5.41 Å². The fourth-order valence-corrected chi connectivity index (χ4v) is 12.3. The molecule has 8 aromatic carbocycles. The fourth-order valence-electron chi connectivity index (χ4n) is 9.94. The minimum absolute atomic E-state index is 0.145. The summed E-state index contributed by atoms with van der Waals surface area (Å²) < 4.78 is 11.2. The van der Waals surface area contributed by atoms with Crippen LogP contribution in [0.15, 0.2) is 182 Å². The van der Waals surface area contributed by atoms with Crippen molar-refractivity contribution in [2.45, 2.75) is 38.8 Å². The van der Waals surface area contributed by atoms with E-state index in [1.807, 2.05) is 35.7 Å². The van der Waals surface area contributed by atoms with Crippen molar-refractivity contribution in [1.82, 2.24) is 9.13 Å². The molecule has 0 saturated heterocycles. The average molecular weight is 753 g/mol. The summed E-state index contributed by atoms with van der Waals surface area (Å²) in [5, 5.41) is 7.40. The number of furan rings is 1. The van der Waals surface area contributed by atoms with E-state index in [0.717, 1.165) is 27.6 Å². The molecule has 4 heterocycles. The van der Waals surface area contributed by atoms with Gasteiger partial charge in [-0.2, -0.15) is 0 Å². The number of hydrogen-bond donors (Lipinski definition) is 0. The van der Waals surface area contributed by atoms with Crippen LogP contribution in [0.25, 0.3) is 88.1 Å². The summed E-state index contributed by atoms with van der Waals surface area (Å²) in [4.78, 5) is 5.27. The summed E-state index contributed by atoms with van der Waals surface area (Å²) in [5.74, 6) is 0. The zero-order chi connectivity index (χ0) is 36.9. The molecule has 3 nitrogen and oxygen atoms in total. The maximum Gasteiger partial charge on any atom is 0.135 e. The van der Waals surface area contributed by atoms with E-state index in [1.54, 1.807) is 0 Å². The molecule has 0 N–H and O–H groups in total. The molecule has 0 fully saturated rings. The molecule has 264 valence electrons. The van der Waals surface area contributed by atoms with E-state index in [1.165, 1.54) is 91.1 Å². The Hall–Kier alpha value is -6.14. The fraction of sp³-hybridized carbons (Fsp3) is 0.0588. The van der Waals surface area contributed by atoms with Crippen LogP contribution in [0.4, 0.5) is 0 Å². The van der Waals surface area contributed by atoms with Gasteiger partial charge in [-0.15, -0.1) is 0 Å². The topological polar surface area (TPSA) is 23.0 Å². The van der Waals surface area contributed by atoms with Gasteiger partial charge in [0.2, 0.25) is 0 Å². The number of fused-ring (bicyclic) bond motifs is 16. The number of hydrogen-bond acceptors (Lipinski definition) is 3. The van der Waals surface area contributed by atoms with Gasteiger partial charge < -0.3 is 13.6 Å². The summed E-state index contributed by atoms with van der Waals surface area (Å²) in [7, 11) is 0. The lowest BCUT2D eigenvalue weighted by Gasteiger charge is -2.22. The van der Waals surface area contributed by atoms with Gasteiger partial charge in [0.15, 0.2) is 0 Å². The Morgan fingerprint density at radius 2 is 1.14 bits per heavy atom. The first-order valence-electron chi connectivity index (χ1n) is 19.2. The zero-order valence-electron chi connectivity index (χ0n) is 30.6. The molecule has 0 unspecified atom stereocenters. The predicted octanol–water partition coefficient (Wildman–Crippen LogP) is 14.7. The SMILES string of the molecule is CC1(C)c2ccccc2-c2ccc3c(c21)c1ccc2c(c1n3-c1ccc3c(c1)c1ccccc1n3-c1ccc3oc4ccccc4c3c1)Sc1ccccc1S2. The number of benzene rings is 8. The van der Waals surface area contributed by atoms with E-state index in [-0.39, 0.29) is 5.41 Å². The first-order valence-corrected chi connectivity index (χ1v) is 20.8. The highest BCUT2D eigenvalue weighted by Crippen LogP contribution is 2.57. The van der Waals surface area contributed by atoms with Gasteiger partial charge in [0.1, 0.15) is 11.2 Å². The maximum absolute atomic E-state index is 6.23. The first kappa shape index (κ1) is 31.1. The van der Waals surface area contributed by atoms with Crippen LogP contribution < -0.4 is 0 Å². The molecule has 0 atom stereocenters. The summed E-state index contributed by atoms with van der Waals surface area (Å²) in [6, 6.07) is 58.2. The van der Waals surface area contributed by atoms with Crippen molar-refractivity contribution in [3.63, 3.8) is 0 Å². The van der Waals surface area contributed by atoms with E-state index in [2.05, 4.69) is 169 Å². The van der Waals surface area contributed by atoms with Crippen LogP contribution in [0.5, 0.6) is 0 Å². The predicted molar refractivity (Wildman–Crippen MR) is 235 cm³/mol. The molecule has 0 spiro atoms. The minimum Gasteiger partial charge on any atom is -0.456 e. The van der Waals surface area contributed by atoms with Gasteiger partial charge in [-0.05, 0) is 95.1 Å². The van der Waals surface area contributed by atoms with E-state index < -0.39 is 0 Å². The van der Waals surface area contributed by atoms with E-state index in [4.69, 9.17) is 4.42 Å². The molecular formula is C51H32N2OS2. The van der Waals surface area contributed by atoms with Gasteiger partial charge in [-0.25, -0.2) is 0 Å². The van der Waals surface area contributed by atoms with Crippen LogP contribution in [0, 0.1) is 0 Å². The second-order valence-electron chi connectivity index (χ2n) is 15.7. The second kappa shape index (κ2) is 11.0. The van der Waals surface area contributed by atoms with Crippen molar-refractivity contribution in [2.24, 2.45) is 0 Å². The lowest BCUT2D eigenvalue weighted by atomic mass is 9.80. The number of rotatable bonds is 2. The zero-order valence-corrected chi connectivity index (χ0v) is 32.3. The van der Waals surface area contributed by atoms with Crippen molar-refractivity contribution in [3.8, 4) is 22.5 Å². The van der Waals surface area contributed by atoms with Gasteiger partial charge >= 0.3 is 0 Å². The van der Waals surface area contributed by atoms with Crippen LogP contribution in [0.1, 0.15) is 25.0 Å². The van der Waals surface area contributed by atoms with Crippen LogP contribution in [-0.4, -0.2) is 9.13 Å². The maximum atomic E-state index is 6.23. The molecule has 1 aliphatic carbocycles. The quantitative estimate of drug-likeness (QED) is 0.176. The van der Waals surface area contributed by atoms with Crippen LogP contribution in [0.2, 0.25) is 0 Å². The van der Waals surface area contributed by atoms with Crippen LogP contribution >= 0.6 is 23.5 Å². The molecule has 2 aliphatic rings. The summed E-state index contributed by atoms with van der Waals surface area (Å²) in [5.41, 5.74) is 14.4. The Balaban J connectivity index is 1.11. The molecule has 0 amide bonds. The molecule has 11 aromatic rings. The van der Waals surface area contributed by atoms with Crippen molar-refractivity contribution in [2.75, 3.05) is 0 Å². The summed E-state index contributed by atoms with van der Waals surface area (Å²) >= 11 is 3.80. The molecule has 0 saturated carbocycles. The highest BCUT2D eigenvalue weighted by Gasteiger charge is 2.38. The van der Waals surface area contributed by atoms with Crippen molar-refractivity contribution in [3.05, 3.63) is 169 Å². The lowest BCUT2D eigenvalue weighted by Crippen LogP contribution is -2.15. The third-order valence-corrected chi connectivity index (χ3v) is 14.9. The molecular weight excluding hydrogens is 721 g/mol. The monoisotopic (exact) mass is 752 g/mol. The van der Waals surface area contributed by atoms with Gasteiger partial charge in [0, 0.05) is 63.8 Å². The molecule has 0 bridgehead atoms. The highest BCUT2D eigenvalue weighted by atomic mass is 32.2. The second-order valence-corrected chi connectivity index (χ2v) is 17.8. The molecule has 0 radical (unpaired) electrons. The van der Waals surface area contributed by atoms with E-state index in [9.17, 15) is 0 Å². The van der Waals surface area contributed by atoms with Crippen molar-refractivity contribution in [1.29, 1.82) is 0 Å². The Morgan fingerprint density at radius 1 is 0.464 bits per heavy atom. The molecule has 1 aliphatic heterocycles. The third kappa shape index (κ3) is 4.01. The first-order chi connectivity index (χ1) is 27.5. The lowest BCUT2D eigenvalue weighted by molar-refractivity contribution is 0.666. The normalized spacial score (nSPS) is 14.2. The highest BCUT2D eigenvalue weighted by molar-refractivity contribution is 8.05. The largest absolute Gasteiger partial charge is 0.456 e. The Labute approximate surface area is 331 Å². The number of nitrogens with zero attached hydrogens (tertiary/aromatic N) is 2. The van der Waals surface area contributed by atoms with Gasteiger partial charge in [-0.1, -0.05) is 122 Å². The van der Waals surface area contributed by atoms with Crippen molar-refractivity contribution >= 4 is 89.1 Å². The van der Waals surface area contributed by atoms with E-state index in [0.29, 0.717) is 0 Å². The standard InChI is InChI=1S/C51H32N2OS2/c1-51(2)38-14-6-3-11-31(38)34-21-24-41-47(48(34)51)35-22-26-46-50(56-45-18-10-9-17-44(45)55-46)49(35)53(41)30-19-23-40-36(27-30)32-12-4-7-15-39(32)52(40)29-20-25-43-37(28-29)33-13-5-8-16-42(33)54-43/h3-28H,1-2H3. The van der Waals surface area contributed by atoms with E-state index >= 15 is 0 Å². The van der Waals surface area contributed by atoms with Crippen molar-refractivity contribution < 1.29 is 4.42 Å². The summed E-state index contributed by atoms with van der Waals surface area (Å²) in [6.45, 7) is 4.81. The molecule has 3 aromatic heterocycles. The van der Waals surface area contributed by atoms with Gasteiger partial charge in [0.25, 0.3) is 0 Å². The molecule has 13 rings (SSSR count). The average Bonchev–Trinajstić information content (AvgIpc) is 3.95.